The molecule has 59 heavy (non-hydrogen) atoms. The summed E-state index contributed by atoms with van der Waals surface area (Å²) in [5, 5.41) is 0. The summed E-state index contributed by atoms with van der Waals surface area (Å²) >= 11 is 0. The third kappa shape index (κ3) is 50.4. The lowest BCUT2D eigenvalue weighted by Gasteiger charge is -2.18. The van der Waals surface area contributed by atoms with Crippen LogP contribution in [0.1, 0.15) is 316 Å². The maximum Gasteiger partial charge on any atom is 0.474 e. The molecule has 0 unspecified atom stereocenters. The molecule has 0 spiro atoms. The van der Waals surface area contributed by atoms with Crippen LogP contribution < -0.4 is 0 Å². The van der Waals surface area contributed by atoms with Gasteiger partial charge in [0.25, 0.3) is 0 Å². The molecule has 0 saturated heterocycles. The quantitative estimate of drug-likeness (QED) is 0.0347. The van der Waals surface area contributed by atoms with E-state index in [2.05, 4.69) is 32.9 Å². The molecule has 0 N–H and O–H groups in total. The van der Waals surface area contributed by atoms with E-state index in [0.717, 1.165) is 38.5 Å². The van der Waals surface area contributed by atoms with Gasteiger partial charge in [0.15, 0.2) is 0 Å². The summed E-state index contributed by atoms with van der Waals surface area (Å²) < 4.78 is 31.4. The fourth-order valence-electron chi connectivity index (χ4n) is 8.29. The molecule has 0 aromatic rings. The summed E-state index contributed by atoms with van der Waals surface area (Å²) in [5.41, 5.74) is 0. The third-order valence-electron chi connectivity index (χ3n) is 12.4. The SMILES string of the molecule is CCCCCCCCC=CCCCCCCCCOP(=O)(OCCCCCCCCCCCCCCCCCC)OCCCCCCCCCCCCCCCCCC. The van der Waals surface area contributed by atoms with Crippen molar-refractivity contribution in [3.8, 4) is 0 Å². The summed E-state index contributed by atoms with van der Waals surface area (Å²) in [6.07, 6.45) is 65.7. The van der Waals surface area contributed by atoms with Gasteiger partial charge in [-0.3, -0.25) is 13.6 Å². The molecule has 0 amide bonds. The van der Waals surface area contributed by atoms with Crippen LogP contribution in [0.4, 0.5) is 0 Å². The Bertz CT molecular complexity index is 789. The van der Waals surface area contributed by atoms with Crippen molar-refractivity contribution in [2.24, 2.45) is 0 Å². The van der Waals surface area contributed by atoms with Gasteiger partial charge in [0.05, 0.1) is 19.8 Å². The van der Waals surface area contributed by atoms with Crippen molar-refractivity contribution in [3.05, 3.63) is 12.2 Å². The molecule has 0 aliphatic carbocycles. The molecule has 5 heteroatoms. The number of phosphoric ester groups is 1. The number of hydrogen-bond donors (Lipinski definition) is 0. The Morgan fingerprint density at radius 1 is 0.254 bits per heavy atom. The molecule has 0 heterocycles. The Hall–Kier alpha value is -0.150. The molecule has 0 bridgehead atoms. The predicted molar refractivity (Wildman–Crippen MR) is 264 cm³/mol. The van der Waals surface area contributed by atoms with E-state index in [1.807, 2.05) is 0 Å². The molecule has 0 aliphatic heterocycles. The van der Waals surface area contributed by atoms with E-state index in [1.165, 1.54) is 257 Å². The summed E-state index contributed by atoms with van der Waals surface area (Å²) in [4.78, 5) is 0. The first-order chi connectivity index (χ1) is 29.2. The Balaban J connectivity index is 4.12. The maximum absolute atomic E-state index is 13.6. The van der Waals surface area contributed by atoms with Gasteiger partial charge in [-0.25, -0.2) is 4.57 Å². The van der Waals surface area contributed by atoms with Gasteiger partial charge in [0.1, 0.15) is 0 Å². The maximum atomic E-state index is 13.6. The average molecular weight is 853 g/mol. The lowest BCUT2D eigenvalue weighted by Crippen LogP contribution is -2.04. The van der Waals surface area contributed by atoms with Gasteiger partial charge < -0.3 is 0 Å². The number of allylic oxidation sites excluding steroid dienone is 2. The zero-order valence-electron chi connectivity index (χ0n) is 40.9. The van der Waals surface area contributed by atoms with Gasteiger partial charge >= 0.3 is 7.82 Å². The highest BCUT2D eigenvalue weighted by Crippen LogP contribution is 2.50. The molecule has 0 saturated carbocycles. The van der Waals surface area contributed by atoms with Crippen LogP contribution in [0.25, 0.3) is 0 Å². The molecule has 4 nitrogen and oxygen atoms in total. The molecular weight excluding hydrogens is 744 g/mol. The molecule has 0 aromatic heterocycles. The average Bonchev–Trinajstić information content (AvgIpc) is 3.24. The van der Waals surface area contributed by atoms with Crippen LogP contribution in [-0.2, 0) is 18.1 Å². The van der Waals surface area contributed by atoms with Crippen LogP contribution in [0.2, 0.25) is 0 Å². The van der Waals surface area contributed by atoms with E-state index in [0.29, 0.717) is 19.8 Å². The smallest absolute Gasteiger partial charge is 0.287 e. The highest BCUT2D eigenvalue weighted by atomic mass is 31.2. The second kappa shape index (κ2) is 52.2. The minimum Gasteiger partial charge on any atom is -0.287 e. The molecule has 0 atom stereocenters. The van der Waals surface area contributed by atoms with Crippen molar-refractivity contribution in [3.63, 3.8) is 0 Å². The van der Waals surface area contributed by atoms with E-state index in [9.17, 15) is 4.57 Å². The Labute approximate surface area is 372 Å². The van der Waals surface area contributed by atoms with Crippen molar-refractivity contribution in [2.75, 3.05) is 19.8 Å². The van der Waals surface area contributed by atoms with Crippen LogP contribution >= 0.6 is 7.82 Å². The number of phosphoric acid groups is 1. The topological polar surface area (TPSA) is 44.8 Å². The molecular formula is C54H109O4P. The van der Waals surface area contributed by atoms with E-state index in [4.69, 9.17) is 13.6 Å². The lowest BCUT2D eigenvalue weighted by atomic mass is 10.0. The van der Waals surface area contributed by atoms with Crippen LogP contribution in [0.15, 0.2) is 12.2 Å². The molecule has 354 valence electrons. The van der Waals surface area contributed by atoms with Crippen LogP contribution in [0.3, 0.4) is 0 Å². The van der Waals surface area contributed by atoms with E-state index >= 15 is 0 Å². The van der Waals surface area contributed by atoms with Gasteiger partial charge in [-0.1, -0.05) is 283 Å². The fourth-order valence-corrected chi connectivity index (χ4v) is 9.57. The Kier molecular flexibility index (Phi) is 52.1. The van der Waals surface area contributed by atoms with Gasteiger partial charge in [-0.05, 0) is 44.9 Å². The van der Waals surface area contributed by atoms with Crippen LogP contribution in [0.5, 0.6) is 0 Å². The fraction of sp³-hybridized carbons (Fsp3) is 0.963. The molecule has 0 radical (unpaired) electrons. The largest absolute Gasteiger partial charge is 0.474 e. The van der Waals surface area contributed by atoms with Gasteiger partial charge in [-0.15, -0.1) is 0 Å². The summed E-state index contributed by atoms with van der Waals surface area (Å²) in [7, 11) is -3.50. The third-order valence-corrected chi connectivity index (χ3v) is 13.9. The van der Waals surface area contributed by atoms with E-state index < -0.39 is 7.82 Å². The summed E-state index contributed by atoms with van der Waals surface area (Å²) in [6.45, 7) is 8.29. The van der Waals surface area contributed by atoms with E-state index in [-0.39, 0.29) is 0 Å². The highest BCUT2D eigenvalue weighted by molar-refractivity contribution is 7.48. The van der Waals surface area contributed by atoms with Crippen molar-refractivity contribution in [1.29, 1.82) is 0 Å². The second-order valence-electron chi connectivity index (χ2n) is 18.5. The van der Waals surface area contributed by atoms with Crippen LogP contribution in [-0.4, -0.2) is 19.8 Å². The van der Waals surface area contributed by atoms with Crippen molar-refractivity contribution < 1.29 is 18.1 Å². The molecule has 0 fully saturated rings. The number of unbranched alkanes of at least 4 members (excludes halogenated alkanes) is 42. The van der Waals surface area contributed by atoms with Gasteiger partial charge in [0, 0.05) is 0 Å². The van der Waals surface area contributed by atoms with E-state index in [1.54, 1.807) is 0 Å². The van der Waals surface area contributed by atoms with Gasteiger partial charge in [-0.2, -0.15) is 0 Å². The molecule has 0 aliphatic rings. The number of rotatable bonds is 53. The van der Waals surface area contributed by atoms with Crippen molar-refractivity contribution >= 4 is 7.82 Å². The minimum atomic E-state index is -3.50. The standard InChI is InChI=1S/C54H109O4P/c1-4-7-10-13-16-19-22-25-28-31-34-37-40-43-46-49-52-56-59(55,57-53-50-47-44-41-38-35-32-29-26-23-20-17-14-11-8-5-2)58-54-51-48-45-42-39-36-33-30-27-24-21-18-15-12-9-6-3/h25,28H,4-24,26-27,29-54H2,1-3H3. The van der Waals surface area contributed by atoms with Crippen molar-refractivity contribution in [2.45, 2.75) is 316 Å². The van der Waals surface area contributed by atoms with Gasteiger partial charge in [0.2, 0.25) is 0 Å². The first-order valence-electron chi connectivity index (χ1n) is 27.4. The normalized spacial score (nSPS) is 12.1. The zero-order valence-corrected chi connectivity index (χ0v) is 41.8. The van der Waals surface area contributed by atoms with Crippen molar-refractivity contribution in [1.82, 2.24) is 0 Å². The Morgan fingerprint density at radius 2 is 0.424 bits per heavy atom. The minimum absolute atomic E-state index is 0.469. The highest BCUT2D eigenvalue weighted by Gasteiger charge is 2.26. The second-order valence-corrected chi connectivity index (χ2v) is 20.2. The molecule has 0 rings (SSSR count). The first kappa shape index (κ1) is 58.9. The predicted octanol–water partition coefficient (Wildman–Crippen LogP) is 20.7. The first-order valence-corrected chi connectivity index (χ1v) is 28.8. The molecule has 0 aromatic carbocycles. The summed E-state index contributed by atoms with van der Waals surface area (Å²) in [5.74, 6) is 0. The summed E-state index contributed by atoms with van der Waals surface area (Å²) in [6, 6.07) is 0. The zero-order chi connectivity index (χ0) is 42.7. The lowest BCUT2D eigenvalue weighted by molar-refractivity contribution is 0.108. The number of hydrogen-bond acceptors (Lipinski definition) is 4. The van der Waals surface area contributed by atoms with Crippen LogP contribution in [0, 0.1) is 0 Å². The monoisotopic (exact) mass is 853 g/mol. The Morgan fingerprint density at radius 3 is 0.627 bits per heavy atom.